The van der Waals surface area contributed by atoms with Gasteiger partial charge in [-0.05, 0) is 48.6 Å². The minimum Gasteiger partial charge on any atom is -0.423 e. The summed E-state index contributed by atoms with van der Waals surface area (Å²) in [5, 5.41) is 10.5. The predicted octanol–water partition coefficient (Wildman–Crippen LogP) is 3.48. The van der Waals surface area contributed by atoms with Crippen molar-refractivity contribution in [1.29, 1.82) is 0 Å². The molecule has 0 saturated heterocycles. The van der Waals surface area contributed by atoms with Gasteiger partial charge in [-0.1, -0.05) is 45.7 Å². The Morgan fingerprint density at radius 2 is 2.04 bits per heavy atom. The number of benzene rings is 2. The van der Waals surface area contributed by atoms with Gasteiger partial charge in [-0.15, -0.1) is 0 Å². The number of hydrogen-bond donors (Lipinski definition) is 1. The molecule has 3 nitrogen and oxygen atoms in total. The quantitative estimate of drug-likeness (QED) is 0.642. The summed E-state index contributed by atoms with van der Waals surface area (Å²) in [6.07, 6.45) is 0.224. The molecule has 0 saturated carbocycles. The second kappa shape index (κ2) is 6.06. The van der Waals surface area contributed by atoms with Gasteiger partial charge < -0.3 is 9.68 Å². The minimum atomic E-state index is -0.952. The molecule has 0 aromatic heterocycles. The topological polar surface area (TPSA) is 46.5 Å². The van der Waals surface area contributed by atoms with Gasteiger partial charge >= 0.3 is 7.12 Å². The summed E-state index contributed by atoms with van der Waals surface area (Å²) in [6.45, 7) is 3.82. The van der Waals surface area contributed by atoms with Gasteiger partial charge in [0.15, 0.2) is 5.78 Å². The SMILES string of the molecule is CC1(C)OB(O)c2cc(CC(=O)c3ccc(Br)cc3Cl)ccc21. The number of carbonyl (C=O) groups is 1. The third-order valence-electron chi connectivity index (χ3n) is 4.03. The summed E-state index contributed by atoms with van der Waals surface area (Å²) >= 11 is 9.46. The van der Waals surface area contributed by atoms with Gasteiger partial charge in [0.1, 0.15) is 0 Å². The second-order valence-corrected chi connectivity index (χ2v) is 7.45. The second-order valence-electron chi connectivity index (χ2n) is 6.13. The standard InChI is InChI=1S/C17H15BBrClO3/c1-17(2)13-6-3-10(7-14(13)18(22)23-17)8-16(21)12-5-4-11(19)9-15(12)20/h3-7,9,22H,8H2,1-2H3. The van der Waals surface area contributed by atoms with Crippen molar-refractivity contribution < 1.29 is 14.5 Å². The third-order valence-corrected chi connectivity index (χ3v) is 4.84. The summed E-state index contributed by atoms with van der Waals surface area (Å²) in [7, 11) is -0.952. The van der Waals surface area contributed by atoms with Gasteiger partial charge in [0.05, 0.1) is 10.6 Å². The molecule has 6 heteroatoms. The lowest BCUT2D eigenvalue weighted by atomic mass is 9.77. The summed E-state index contributed by atoms with van der Waals surface area (Å²) in [4.78, 5) is 12.5. The van der Waals surface area contributed by atoms with E-state index in [9.17, 15) is 9.82 Å². The van der Waals surface area contributed by atoms with E-state index >= 15 is 0 Å². The molecule has 0 spiro atoms. The van der Waals surface area contributed by atoms with Gasteiger partial charge in [0.2, 0.25) is 0 Å². The number of hydrogen-bond acceptors (Lipinski definition) is 3. The van der Waals surface area contributed by atoms with E-state index in [1.807, 2.05) is 32.0 Å². The van der Waals surface area contributed by atoms with Crippen LogP contribution in [0.4, 0.5) is 0 Å². The highest BCUT2D eigenvalue weighted by molar-refractivity contribution is 9.10. The number of rotatable bonds is 3. The van der Waals surface area contributed by atoms with Crippen LogP contribution >= 0.6 is 27.5 Å². The van der Waals surface area contributed by atoms with Crippen LogP contribution in [-0.2, 0) is 16.7 Å². The predicted molar refractivity (Wildman–Crippen MR) is 95.3 cm³/mol. The van der Waals surface area contributed by atoms with Crippen molar-refractivity contribution in [3.05, 3.63) is 62.6 Å². The number of Topliss-reactive ketones (excluding diaryl/α,β-unsaturated/α-hetero) is 1. The average molecular weight is 393 g/mol. The Balaban J connectivity index is 1.87. The molecule has 0 aliphatic carbocycles. The Hall–Kier alpha value is -1.14. The van der Waals surface area contributed by atoms with Crippen molar-refractivity contribution in [1.82, 2.24) is 0 Å². The van der Waals surface area contributed by atoms with E-state index in [4.69, 9.17) is 16.3 Å². The Kier molecular flexibility index (Phi) is 4.40. The number of ketones is 1. The highest BCUT2D eigenvalue weighted by Gasteiger charge is 2.40. The molecule has 1 aliphatic heterocycles. The van der Waals surface area contributed by atoms with E-state index in [-0.39, 0.29) is 12.2 Å². The first kappa shape index (κ1) is 16.7. The molecule has 0 radical (unpaired) electrons. The molecule has 0 bridgehead atoms. The van der Waals surface area contributed by atoms with Crippen LogP contribution in [0.25, 0.3) is 0 Å². The molecule has 0 unspecified atom stereocenters. The zero-order valence-corrected chi connectivity index (χ0v) is 15.1. The van der Waals surface area contributed by atoms with E-state index in [2.05, 4.69) is 15.9 Å². The van der Waals surface area contributed by atoms with Gasteiger partial charge in [-0.25, -0.2) is 0 Å². The summed E-state index contributed by atoms with van der Waals surface area (Å²) in [5.74, 6) is -0.0601. The number of carbonyl (C=O) groups excluding carboxylic acids is 1. The lowest BCUT2D eigenvalue weighted by Gasteiger charge is -2.19. The largest absolute Gasteiger partial charge is 0.492 e. The smallest absolute Gasteiger partial charge is 0.423 e. The highest BCUT2D eigenvalue weighted by atomic mass is 79.9. The van der Waals surface area contributed by atoms with Gasteiger partial charge in [0, 0.05) is 16.5 Å². The number of halogens is 2. The Bertz CT molecular complexity index is 791. The molecule has 0 atom stereocenters. The van der Waals surface area contributed by atoms with Crippen LogP contribution in [0, 0.1) is 0 Å². The normalized spacial score (nSPS) is 15.6. The molecule has 0 amide bonds. The van der Waals surface area contributed by atoms with E-state index in [0.29, 0.717) is 10.6 Å². The molecule has 0 fully saturated rings. The summed E-state index contributed by atoms with van der Waals surface area (Å²) in [6, 6.07) is 10.9. The van der Waals surface area contributed by atoms with E-state index in [1.165, 1.54) is 0 Å². The Morgan fingerprint density at radius 1 is 1.30 bits per heavy atom. The third kappa shape index (κ3) is 3.24. The minimum absolute atomic E-state index is 0.0601. The fourth-order valence-corrected chi connectivity index (χ4v) is 3.66. The van der Waals surface area contributed by atoms with E-state index in [1.54, 1.807) is 18.2 Å². The molecule has 1 heterocycles. The van der Waals surface area contributed by atoms with Gasteiger partial charge in [-0.2, -0.15) is 0 Å². The van der Waals surface area contributed by atoms with Crippen LogP contribution in [0.3, 0.4) is 0 Å². The van der Waals surface area contributed by atoms with Crippen molar-refractivity contribution in [3.8, 4) is 0 Å². The van der Waals surface area contributed by atoms with Crippen LogP contribution in [0.1, 0.15) is 35.3 Å². The monoisotopic (exact) mass is 392 g/mol. The molecule has 118 valence electrons. The maximum absolute atomic E-state index is 12.5. The maximum atomic E-state index is 12.5. The average Bonchev–Trinajstić information content (AvgIpc) is 2.68. The molecule has 1 aliphatic rings. The molecule has 3 rings (SSSR count). The first-order valence-corrected chi connectivity index (χ1v) is 8.42. The van der Waals surface area contributed by atoms with Crippen molar-refractivity contribution in [2.45, 2.75) is 25.9 Å². The lowest BCUT2D eigenvalue weighted by molar-refractivity contribution is 0.0991. The number of fused-ring (bicyclic) bond motifs is 1. The Morgan fingerprint density at radius 3 is 2.74 bits per heavy atom. The zero-order chi connectivity index (χ0) is 16.8. The molecule has 2 aromatic rings. The first-order chi connectivity index (χ1) is 10.8. The zero-order valence-electron chi connectivity index (χ0n) is 12.8. The van der Waals surface area contributed by atoms with E-state index in [0.717, 1.165) is 21.1 Å². The van der Waals surface area contributed by atoms with Crippen molar-refractivity contribution >= 4 is 45.9 Å². The van der Waals surface area contributed by atoms with E-state index < -0.39 is 12.7 Å². The van der Waals surface area contributed by atoms with Gasteiger partial charge in [0.25, 0.3) is 0 Å². The lowest BCUT2D eigenvalue weighted by Crippen LogP contribution is -2.29. The first-order valence-electron chi connectivity index (χ1n) is 7.25. The fraction of sp³-hybridized carbons (Fsp3) is 0.235. The maximum Gasteiger partial charge on any atom is 0.492 e. The van der Waals surface area contributed by atoms with Crippen LogP contribution in [-0.4, -0.2) is 17.9 Å². The van der Waals surface area contributed by atoms with Crippen LogP contribution in [0.15, 0.2) is 40.9 Å². The Labute approximate surface area is 148 Å². The molecule has 2 aromatic carbocycles. The van der Waals surface area contributed by atoms with Crippen molar-refractivity contribution in [3.63, 3.8) is 0 Å². The fourth-order valence-electron chi connectivity index (χ4n) is 2.88. The van der Waals surface area contributed by atoms with Crippen LogP contribution in [0.2, 0.25) is 5.02 Å². The molecular formula is C17H15BBrClO3. The highest BCUT2D eigenvalue weighted by Crippen LogP contribution is 2.30. The van der Waals surface area contributed by atoms with Gasteiger partial charge in [-0.3, -0.25) is 4.79 Å². The molecular weight excluding hydrogens is 378 g/mol. The van der Waals surface area contributed by atoms with Crippen LogP contribution < -0.4 is 5.46 Å². The van der Waals surface area contributed by atoms with Crippen molar-refractivity contribution in [2.75, 3.05) is 0 Å². The summed E-state index contributed by atoms with van der Waals surface area (Å²) < 4.78 is 6.37. The molecule has 23 heavy (non-hydrogen) atoms. The molecule has 1 N–H and O–H groups in total. The van der Waals surface area contributed by atoms with Crippen molar-refractivity contribution in [2.24, 2.45) is 0 Å². The summed E-state index contributed by atoms with van der Waals surface area (Å²) in [5.41, 5.74) is 2.47. The van der Waals surface area contributed by atoms with Crippen LogP contribution in [0.5, 0.6) is 0 Å².